The maximum absolute atomic E-state index is 14.2. The summed E-state index contributed by atoms with van der Waals surface area (Å²) in [6.45, 7) is -1.99. The number of nitrogens with one attached hydrogen (secondary N) is 3. The number of anilines is 3. The second kappa shape index (κ2) is 35.1. The summed E-state index contributed by atoms with van der Waals surface area (Å²) in [7, 11) is 0. The molecule has 12 N–H and O–H groups in total. The topological polar surface area (TPSA) is 415 Å². The zero-order valence-electron chi connectivity index (χ0n) is 70.6. The van der Waals surface area contributed by atoms with Gasteiger partial charge in [-0.05, 0) is 111 Å². The van der Waals surface area contributed by atoms with E-state index in [4.69, 9.17) is 29.3 Å². The van der Waals surface area contributed by atoms with Crippen molar-refractivity contribution in [2.75, 3.05) is 72.7 Å². The van der Waals surface area contributed by atoms with Gasteiger partial charge < -0.3 is 76.1 Å². The summed E-state index contributed by atoms with van der Waals surface area (Å²) >= 11 is 4.19. The molecule has 18 atom stereocenters. The average Bonchev–Trinajstić information content (AvgIpc) is 1.58. The predicted octanol–water partition coefficient (Wildman–Crippen LogP) is 6.55. The van der Waals surface area contributed by atoms with Crippen molar-refractivity contribution in [3.8, 4) is 0 Å². The van der Waals surface area contributed by atoms with E-state index < -0.39 is 131 Å². The summed E-state index contributed by atoms with van der Waals surface area (Å²) in [5.41, 5.74) is 5.22. The molecule has 0 radical (unpaired) electrons. The van der Waals surface area contributed by atoms with E-state index in [0.29, 0.717) is 79.8 Å². The number of aryl methyl sites for hydroxylation is 3. The van der Waals surface area contributed by atoms with Gasteiger partial charge in [0, 0.05) is 72.3 Å². The molecule has 6 aromatic heterocycles. The highest BCUT2D eigenvalue weighted by Gasteiger charge is 2.49. The average molecular weight is 1570 g/mol. The molecule has 15 rings (SSSR count). The van der Waals surface area contributed by atoms with E-state index in [1.54, 1.807) is 45.0 Å². The first-order valence-electron chi connectivity index (χ1n) is 41.0. The fraction of sp³-hybridized carbons (Fsp3) is 0.583. The number of fused-ring (bicyclic) bond motifs is 3. The Hall–Kier alpha value is -7.14. The Morgan fingerprint density at radius 1 is 0.454 bits per heavy atom. The van der Waals surface area contributed by atoms with Crippen LogP contribution in [0.2, 0.25) is 0 Å². The lowest BCUT2D eigenvalue weighted by molar-refractivity contribution is -0.0629. The third-order valence-corrected chi connectivity index (χ3v) is 22.7. The van der Waals surface area contributed by atoms with Crippen molar-refractivity contribution in [3.05, 3.63) is 105 Å². The van der Waals surface area contributed by atoms with Crippen molar-refractivity contribution in [1.82, 2.24) is 74.9 Å². The van der Waals surface area contributed by atoms with Gasteiger partial charge in [0.25, 0.3) is 0 Å². The summed E-state index contributed by atoms with van der Waals surface area (Å²) in [4.78, 5) is 27.5. The number of nitrogens with zero attached hydrogens (tertiary/aromatic N) is 15. The molecule has 0 aliphatic heterocycles. The molecule has 6 saturated carbocycles. The number of aromatic nitrogens is 15. The van der Waals surface area contributed by atoms with Crippen LogP contribution in [0.3, 0.4) is 0 Å². The molecule has 30 nitrogen and oxygen atoms in total. The van der Waals surface area contributed by atoms with Crippen LogP contribution in [0, 0.1) is 38.2 Å². The summed E-state index contributed by atoms with van der Waals surface area (Å²) in [6.07, 6.45) is -8.25. The number of benzene rings is 3. The quantitative estimate of drug-likeness (QED) is 0.0168. The van der Waals surface area contributed by atoms with Crippen molar-refractivity contribution in [2.45, 2.75) is 224 Å². The van der Waals surface area contributed by atoms with Gasteiger partial charge in [0.1, 0.15) is 54.1 Å². The molecule has 0 amide bonds. The van der Waals surface area contributed by atoms with Gasteiger partial charge >= 0.3 is 0 Å². The molecule has 0 bridgehead atoms. The van der Waals surface area contributed by atoms with Crippen LogP contribution in [0.4, 0.5) is 30.6 Å². The van der Waals surface area contributed by atoms with Crippen molar-refractivity contribution in [2.24, 2.45) is 0 Å². The molecule has 36 heteroatoms. The molecule has 0 saturated heterocycles. The lowest BCUT2D eigenvalue weighted by Gasteiger charge is -2.17. The van der Waals surface area contributed by atoms with E-state index in [1.807, 2.05) is 32.9 Å². The summed E-state index contributed by atoms with van der Waals surface area (Å²) in [5.74, 6) is 1.20. The molecule has 6 aliphatic carbocycles. The van der Waals surface area contributed by atoms with Crippen LogP contribution in [0.25, 0.3) is 33.5 Å². The van der Waals surface area contributed by atoms with Crippen molar-refractivity contribution in [3.63, 3.8) is 0 Å². The zero-order valence-corrected chi connectivity index (χ0v) is 62.0. The first kappa shape index (κ1) is 65.6. The molecule has 6 heterocycles. The van der Waals surface area contributed by atoms with Gasteiger partial charge in [-0.1, -0.05) is 108 Å². The van der Waals surface area contributed by atoms with E-state index in [2.05, 4.69) is 76.8 Å². The highest BCUT2D eigenvalue weighted by atomic mass is 32.2. The lowest BCUT2D eigenvalue weighted by atomic mass is 10.1. The first-order chi connectivity index (χ1) is 56.0. The first-order valence-corrected chi connectivity index (χ1v) is 38.5. The minimum atomic E-state index is -3.36. The van der Waals surface area contributed by atoms with E-state index in [9.17, 15) is 59.1 Å². The van der Waals surface area contributed by atoms with Gasteiger partial charge in [0.05, 0.1) is 91.0 Å². The second-order valence-corrected chi connectivity index (χ2v) is 30.4. The molecule has 9 aromatic rings. The number of halogens is 3. The van der Waals surface area contributed by atoms with Gasteiger partial charge in [-0.2, -0.15) is 0 Å². The van der Waals surface area contributed by atoms with Gasteiger partial charge in [-0.25, -0.2) is 57.1 Å². The molecule has 6 aliphatic rings. The number of hydrogen-bond acceptors (Lipinski definition) is 30. The minimum Gasteiger partial charge on any atom is -0.394 e. The molecule has 3 aromatic carbocycles. The number of rotatable bonds is 30. The van der Waals surface area contributed by atoms with Gasteiger partial charge in [0.2, 0.25) is 0 Å². The van der Waals surface area contributed by atoms with Crippen LogP contribution < -0.4 is 16.0 Å². The van der Waals surface area contributed by atoms with Crippen LogP contribution >= 0.6 is 35.3 Å². The smallest absolute Gasteiger partial charge is 0.191 e. The molecular weight excluding hydrogens is 1460 g/mol. The van der Waals surface area contributed by atoms with Crippen LogP contribution in [-0.4, -0.2) is 251 Å². The molecule has 108 heavy (non-hydrogen) atoms. The Morgan fingerprint density at radius 2 is 0.778 bits per heavy atom. The Morgan fingerprint density at radius 3 is 1.07 bits per heavy atom. The van der Waals surface area contributed by atoms with E-state index in [-0.39, 0.29) is 93.9 Å². The number of hydrogen-bond donors (Lipinski definition) is 12. The molecular formula is C72H93F3N18O12S3. The zero-order chi connectivity index (χ0) is 86.1. The maximum atomic E-state index is 14.2. The molecule has 6 fully saturated rings. The monoisotopic (exact) mass is 1570 g/mol. The SMILES string of the molecule is [2H]C([2H])(CO)O[C@H]1C[C@@H](n2nnc3c(N[C@]4([2H])C[C@H]4c4ccc(C)c(F)c4)nc(SCCC)nc32)[C@H](O)[C@@H]1O.[2H]C([2H])(O)C([2H])([2H])O[C@H]1C[C@@H](n2nnc3c(N[C@]4([2H])C[C@H]4c4ccc(C)c(F)c4)nc(SCCC)nc32)[C@H](O)[C@@H]1O.[2H]C([2H])(O)CO[C@H]1C[C@@H](n2nnc3c(N[C@]4([2H])C[C@H]4c4ccc(C)c(F)c4)nc(SCCC)nc32)[C@H](O)[C@@H]1O. The summed E-state index contributed by atoms with van der Waals surface area (Å²) in [6, 6.07) is 8.78. The fourth-order valence-electron chi connectivity index (χ4n) is 13.3. The predicted molar refractivity (Wildman–Crippen MR) is 398 cm³/mol. The number of aliphatic hydroxyl groups excluding tert-OH is 7. The maximum Gasteiger partial charge on any atom is 0.191 e. The fourth-order valence-corrected chi connectivity index (χ4v) is 15.4. The van der Waals surface area contributed by atoms with Crippen molar-refractivity contribution >= 4 is 86.2 Å². The highest BCUT2D eigenvalue weighted by molar-refractivity contribution is 7.99. The number of ether oxygens (including phenoxy) is 3. The standard InChI is InChI=1S/3C24H31FN6O4S/c3*1-3-8-36-24-27-22(26-16-10-14(16)13-5-4-12(2)15(25)9-13)19-23(28-24)31(30-29-19)17-11-18(35-7-6-32)21(34)20(17)33/h3*4-5,9,14,16-18,20-21,32-34H,3,6-8,10-11H2,1-2H3,(H,26,27,28)/t3*14-,16+,17+,18-,20-,21+/m000/s1/i6D2,7D2,16D;7D2,16D;6D2,16D. The van der Waals surface area contributed by atoms with Crippen LogP contribution in [0.15, 0.2) is 70.1 Å². The van der Waals surface area contributed by atoms with Crippen LogP contribution in [0.1, 0.15) is 163 Å². The summed E-state index contributed by atoms with van der Waals surface area (Å²) in [5, 5.41) is 128. The second-order valence-electron chi connectivity index (χ2n) is 27.2. The molecule has 582 valence electrons. The third kappa shape index (κ3) is 17.5. The lowest BCUT2D eigenvalue weighted by Crippen LogP contribution is -2.33. The van der Waals surface area contributed by atoms with E-state index in [1.165, 1.54) is 67.5 Å². The van der Waals surface area contributed by atoms with Crippen LogP contribution in [-0.2, 0) is 14.2 Å². The molecule has 0 spiro atoms. The van der Waals surface area contributed by atoms with Gasteiger partial charge in [-0.3, -0.25) is 0 Å². The van der Waals surface area contributed by atoms with Gasteiger partial charge in [-0.15, -0.1) is 15.3 Å². The van der Waals surface area contributed by atoms with Crippen molar-refractivity contribution in [1.29, 1.82) is 0 Å². The summed E-state index contributed by atoms with van der Waals surface area (Å²) < 4.78 is 149. The number of thioether (sulfide) groups is 3. The Kier molecular flexibility index (Phi) is 21.3. The largest absolute Gasteiger partial charge is 0.394 e. The third-order valence-electron chi connectivity index (χ3n) is 19.6. The minimum absolute atomic E-state index is 0.00600. The Labute approximate surface area is 648 Å². The van der Waals surface area contributed by atoms with Crippen LogP contribution in [0.5, 0.6) is 0 Å². The van der Waals surface area contributed by atoms with Gasteiger partial charge in [0.15, 0.2) is 66.4 Å². The van der Waals surface area contributed by atoms with E-state index >= 15 is 0 Å². The normalized spacial score (nSPS) is 31.7. The molecule has 0 unspecified atom stereocenters. The Bertz CT molecular complexity index is 5160. The highest BCUT2D eigenvalue weighted by Crippen LogP contribution is 2.48. The van der Waals surface area contributed by atoms with E-state index in [0.717, 1.165) is 36.3 Å². The Balaban J connectivity index is 0.000000155. The van der Waals surface area contributed by atoms with Crippen molar-refractivity contribution < 1.29 is 88.4 Å². The number of aliphatic hydroxyl groups is 9.